The molecule has 8 nitrogen and oxygen atoms in total. The van der Waals surface area contributed by atoms with Crippen molar-refractivity contribution < 1.29 is 18.3 Å². The Hall–Kier alpha value is -3.27. The summed E-state index contributed by atoms with van der Waals surface area (Å²) in [7, 11) is -3.93. The Balaban J connectivity index is 1.58. The van der Waals surface area contributed by atoms with Crippen molar-refractivity contribution in [1.82, 2.24) is 15.0 Å². The van der Waals surface area contributed by atoms with Crippen LogP contribution in [-0.2, 0) is 22.9 Å². The van der Waals surface area contributed by atoms with E-state index in [1.165, 1.54) is 0 Å². The van der Waals surface area contributed by atoms with E-state index in [4.69, 9.17) is 0 Å². The maximum Gasteiger partial charge on any atom is 0.251 e. The summed E-state index contributed by atoms with van der Waals surface area (Å²) in [5, 5.41) is 17.3. The molecule has 2 atom stereocenters. The number of anilines is 1. The van der Waals surface area contributed by atoms with E-state index < -0.39 is 27.7 Å². The van der Waals surface area contributed by atoms with Crippen molar-refractivity contribution in [2.45, 2.75) is 56.2 Å². The first-order chi connectivity index (χ1) is 17.1. The van der Waals surface area contributed by atoms with Gasteiger partial charge in [0.25, 0.3) is 5.91 Å². The van der Waals surface area contributed by atoms with E-state index in [1.807, 2.05) is 19.1 Å². The molecule has 1 aliphatic heterocycles. The van der Waals surface area contributed by atoms with Gasteiger partial charge in [-0.25, -0.2) is 13.1 Å². The Morgan fingerprint density at radius 2 is 1.86 bits per heavy atom. The van der Waals surface area contributed by atoms with Crippen LogP contribution in [0.3, 0.4) is 0 Å². The number of aliphatic hydroxyl groups is 1. The van der Waals surface area contributed by atoms with Crippen LogP contribution in [0, 0.1) is 0 Å². The molecule has 0 aliphatic carbocycles. The predicted octanol–water partition coefficient (Wildman–Crippen LogP) is 3.20. The lowest BCUT2D eigenvalue weighted by atomic mass is 9.82. The van der Waals surface area contributed by atoms with Gasteiger partial charge in [-0.05, 0) is 79.8 Å². The summed E-state index contributed by atoms with van der Waals surface area (Å²) in [6.45, 7) is 6.03. The molecule has 1 aliphatic rings. The van der Waals surface area contributed by atoms with E-state index in [-0.39, 0.29) is 10.8 Å². The van der Waals surface area contributed by atoms with Crippen LogP contribution >= 0.6 is 0 Å². The van der Waals surface area contributed by atoms with E-state index in [0.29, 0.717) is 29.8 Å². The molecule has 0 spiro atoms. The zero-order valence-electron chi connectivity index (χ0n) is 20.7. The van der Waals surface area contributed by atoms with Crippen molar-refractivity contribution in [2.24, 2.45) is 0 Å². The predicted molar refractivity (Wildman–Crippen MR) is 139 cm³/mol. The summed E-state index contributed by atoms with van der Waals surface area (Å²) in [6, 6.07) is 14.6. The minimum Gasteiger partial charge on any atom is -0.389 e. The topological polar surface area (TPSA) is 120 Å². The van der Waals surface area contributed by atoms with Gasteiger partial charge in [-0.3, -0.25) is 9.78 Å². The average molecular weight is 509 g/mol. The maximum atomic E-state index is 13.2. The second-order valence-corrected chi connectivity index (χ2v) is 11.3. The molecule has 4 rings (SSSR count). The van der Waals surface area contributed by atoms with Crippen LogP contribution in [0.15, 0.2) is 71.9 Å². The number of hydrogen-bond acceptors (Lipinski definition) is 6. The van der Waals surface area contributed by atoms with Gasteiger partial charge in [0.05, 0.1) is 22.6 Å². The molecule has 0 unspecified atom stereocenters. The molecule has 0 radical (unpaired) electrons. The van der Waals surface area contributed by atoms with Crippen LogP contribution < -0.4 is 15.4 Å². The molecule has 0 saturated heterocycles. The summed E-state index contributed by atoms with van der Waals surface area (Å²) in [5.74, 6) is -0.280. The molecular formula is C27H32N4O4S. The molecule has 4 N–H and O–H groups in total. The Morgan fingerprint density at radius 1 is 1.11 bits per heavy atom. The minimum atomic E-state index is -3.93. The van der Waals surface area contributed by atoms with Gasteiger partial charge in [0.1, 0.15) is 0 Å². The molecule has 0 saturated carbocycles. The number of aliphatic hydroxyl groups excluding tert-OH is 1. The van der Waals surface area contributed by atoms with Crippen LogP contribution in [0.1, 0.15) is 53.9 Å². The van der Waals surface area contributed by atoms with Crippen LogP contribution in [0.5, 0.6) is 0 Å². The lowest BCUT2D eigenvalue weighted by Crippen LogP contribution is -2.54. The second-order valence-electron chi connectivity index (χ2n) is 9.56. The van der Waals surface area contributed by atoms with Gasteiger partial charge in [-0.1, -0.05) is 25.1 Å². The smallest absolute Gasteiger partial charge is 0.251 e. The van der Waals surface area contributed by atoms with E-state index in [2.05, 4.69) is 20.3 Å². The van der Waals surface area contributed by atoms with Crippen LogP contribution in [0.2, 0.25) is 0 Å². The number of aromatic nitrogens is 1. The van der Waals surface area contributed by atoms with Crippen LogP contribution in [0.4, 0.5) is 5.69 Å². The first kappa shape index (κ1) is 25.8. The van der Waals surface area contributed by atoms with Crippen molar-refractivity contribution in [2.75, 3.05) is 11.9 Å². The van der Waals surface area contributed by atoms with Gasteiger partial charge in [0, 0.05) is 30.2 Å². The number of hydrogen-bond donors (Lipinski definition) is 4. The van der Waals surface area contributed by atoms with Gasteiger partial charge in [0.2, 0.25) is 10.0 Å². The van der Waals surface area contributed by atoms with Crippen molar-refractivity contribution in [3.63, 3.8) is 0 Å². The molecule has 36 heavy (non-hydrogen) atoms. The number of aryl methyl sites for hydroxylation is 1. The fourth-order valence-electron chi connectivity index (χ4n) is 4.32. The lowest BCUT2D eigenvalue weighted by Gasteiger charge is -2.43. The first-order valence-electron chi connectivity index (χ1n) is 12.0. The highest BCUT2D eigenvalue weighted by Crippen LogP contribution is 2.39. The summed E-state index contributed by atoms with van der Waals surface area (Å²) >= 11 is 0. The SMILES string of the molecule is CCc1ccc(S(=O)(=O)N[C@@H]2c3cc(C(=O)NCCc4cccnc4)ccc3NC(C)(C)[C@H]2O)cc1. The van der Waals surface area contributed by atoms with Gasteiger partial charge < -0.3 is 15.7 Å². The number of nitrogens with zero attached hydrogens (tertiary/aromatic N) is 1. The second kappa shape index (κ2) is 10.4. The van der Waals surface area contributed by atoms with Crippen LogP contribution in [0.25, 0.3) is 0 Å². The summed E-state index contributed by atoms with van der Waals surface area (Å²) < 4.78 is 29.2. The molecule has 9 heteroatoms. The van der Waals surface area contributed by atoms with Crippen molar-refractivity contribution in [3.8, 4) is 0 Å². The zero-order valence-corrected chi connectivity index (χ0v) is 21.5. The molecule has 0 bridgehead atoms. The number of fused-ring (bicyclic) bond motifs is 1. The highest BCUT2D eigenvalue weighted by molar-refractivity contribution is 7.89. The molecule has 190 valence electrons. The number of carbonyl (C=O) groups excluding carboxylic acids is 1. The minimum absolute atomic E-state index is 0.120. The summed E-state index contributed by atoms with van der Waals surface area (Å²) in [4.78, 5) is 17.1. The Labute approximate surface area is 212 Å². The van der Waals surface area contributed by atoms with Gasteiger partial charge in [0.15, 0.2) is 0 Å². The van der Waals surface area contributed by atoms with E-state index in [9.17, 15) is 18.3 Å². The Kier molecular flexibility index (Phi) is 7.44. The Bertz CT molecular complexity index is 1330. The highest BCUT2D eigenvalue weighted by Gasteiger charge is 2.43. The standard InChI is InChI=1S/C27H32N4O4S/c1-4-18-7-10-21(11-8-18)36(34,35)31-24-22-16-20(9-12-23(22)30-27(2,3)25(24)32)26(33)29-15-13-19-6-5-14-28-17-19/h5-12,14,16-17,24-25,30-32H,4,13,15H2,1-3H3,(H,29,33)/t24-,25+/m1/s1. The zero-order chi connectivity index (χ0) is 25.9. The number of benzene rings is 2. The molecule has 1 aromatic heterocycles. The third-order valence-corrected chi connectivity index (χ3v) is 7.96. The maximum absolute atomic E-state index is 13.2. The van der Waals surface area contributed by atoms with E-state index in [1.54, 1.807) is 68.7 Å². The normalized spacial score (nSPS) is 18.7. The molecule has 2 aromatic carbocycles. The average Bonchev–Trinajstić information content (AvgIpc) is 2.87. The third-order valence-electron chi connectivity index (χ3n) is 6.51. The van der Waals surface area contributed by atoms with Crippen LogP contribution in [-0.4, -0.2) is 42.6 Å². The highest BCUT2D eigenvalue weighted by atomic mass is 32.2. The fraction of sp³-hybridized carbons (Fsp3) is 0.333. The number of rotatable bonds is 8. The molecule has 1 amide bonds. The quantitative estimate of drug-likeness (QED) is 0.371. The number of amides is 1. The van der Waals surface area contributed by atoms with E-state index >= 15 is 0 Å². The van der Waals surface area contributed by atoms with E-state index in [0.717, 1.165) is 17.5 Å². The van der Waals surface area contributed by atoms with Gasteiger partial charge >= 0.3 is 0 Å². The lowest BCUT2D eigenvalue weighted by molar-refractivity contribution is 0.0769. The van der Waals surface area contributed by atoms with Crippen molar-refractivity contribution in [1.29, 1.82) is 0 Å². The number of nitrogens with one attached hydrogen (secondary N) is 3. The fourth-order valence-corrected chi connectivity index (χ4v) is 5.54. The first-order valence-corrected chi connectivity index (χ1v) is 13.5. The monoisotopic (exact) mass is 508 g/mol. The van der Waals surface area contributed by atoms with Crippen molar-refractivity contribution in [3.05, 3.63) is 89.2 Å². The van der Waals surface area contributed by atoms with Crippen molar-refractivity contribution >= 4 is 21.6 Å². The molecule has 3 aromatic rings. The number of sulfonamides is 1. The van der Waals surface area contributed by atoms with Gasteiger partial charge in [-0.2, -0.15) is 0 Å². The molecule has 0 fully saturated rings. The molecule has 2 heterocycles. The Morgan fingerprint density at radius 3 is 2.53 bits per heavy atom. The third kappa shape index (κ3) is 5.59. The summed E-state index contributed by atoms with van der Waals surface area (Å²) in [6.07, 6.45) is 3.81. The van der Waals surface area contributed by atoms with Gasteiger partial charge in [-0.15, -0.1) is 0 Å². The number of carbonyl (C=O) groups is 1. The largest absolute Gasteiger partial charge is 0.389 e. The summed E-state index contributed by atoms with van der Waals surface area (Å²) in [5.41, 5.74) is 2.78. The number of pyridine rings is 1. The molecular weight excluding hydrogens is 476 g/mol.